The van der Waals surface area contributed by atoms with E-state index in [1.807, 2.05) is 78.9 Å². The van der Waals surface area contributed by atoms with E-state index < -0.39 is 5.72 Å². The SMILES string of the molecule is Nc1ccc(-c2ccc(OCCOC3(N)C=CC(c4ccccc4)=CC3)cc2)cc1. The van der Waals surface area contributed by atoms with Gasteiger partial charge in [0.15, 0.2) is 0 Å². The molecule has 4 N–H and O–H groups in total. The second kappa shape index (κ2) is 8.99. The lowest BCUT2D eigenvalue weighted by atomic mass is 9.95. The first-order valence-corrected chi connectivity index (χ1v) is 10.1. The van der Waals surface area contributed by atoms with Crippen molar-refractivity contribution in [1.82, 2.24) is 0 Å². The van der Waals surface area contributed by atoms with Crippen molar-refractivity contribution >= 4 is 11.3 Å². The Morgan fingerprint density at radius 2 is 1.43 bits per heavy atom. The quantitative estimate of drug-likeness (QED) is 0.333. The van der Waals surface area contributed by atoms with E-state index >= 15 is 0 Å². The maximum Gasteiger partial charge on any atom is 0.139 e. The maximum absolute atomic E-state index is 6.36. The summed E-state index contributed by atoms with van der Waals surface area (Å²) in [6, 6.07) is 26.1. The Labute approximate surface area is 177 Å². The highest BCUT2D eigenvalue weighted by Gasteiger charge is 2.24. The second-order valence-corrected chi connectivity index (χ2v) is 7.36. The Bertz CT molecular complexity index is 1020. The minimum atomic E-state index is -0.791. The molecule has 4 nitrogen and oxygen atoms in total. The average Bonchev–Trinajstić information content (AvgIpc) is 2.79. The summed E-state index contributed by atoms with van der Waals surface area (Å²) in [7, 11) is 0. The highest BCUT2D eigenvalue weighted by Crippen LogP contribution is 2.26. The van der Waals surface area contributed by atoms with E-state index in [4.69, 9.17) is 20.9 Å². The molecule has 0 bridgehead atoms. The number of nitrogens with two attached hydrogens (primary N) is 2. The second-order valence-electron chi connectivity index (χ2n) is 7.36. The van der Waals surface area contributed by atoms with Gasteiger partial charge in [-0.2, -0.15) is 0 Å². The van der Waals surface area contributed by atoms with Gasteiger partial charge in [-0.1, -0.05) is 66.7 Å². The van der Waals surface area contributed by atoms with Crippen molar-refractivity contribution < 1.29 is 9.47 Å². The standard InChI is InChI=1S/C26H26N2O2/c27-24-10-6-21(7-11-24)22-8-12-25(13-9-22)29-18-19-30-26(28)16-14-23(15-17-26)20-4-2-1-3-5-20/h1-16H,17-19,27-28H2. The van der Waals surface area contributed by atoms with Gasteiger partial charge in [0, 0.05) is 12.1 Å². The molecule has 0 aromatic heterocycles. The number of allylic oxidation sites excluding steroid dienone is 2. The fourth-order valence-corrected chi connectivity index (χ4v) is 3.40. The molecule has 0 fully saturated rings. The normalized spacial score (nSPS) is 18.1. The number of nitrogen functional groups attached to an aromatic ring is 1. The fraction of sp³-hybridized carbons (Fsp3) is 0.154. The predicted octanol–water partition coefficient (Wildman–Crippen LogP) is 5.03. The molecule has 1 aliphatic rings. The molecule has 1 aliphatic carbocycles. The van der Waals surface area contributed by atoms with Crippen LogP contribution in [-0.2, 0) is 4.74 Å². The van der Waals surface area contributed by atoms with Crippen LogP contribution < -0.4 is 16.2 Å². The fourth-order valence-electron chi connectivity index (χ4n) is 3.40. The Morgan fingerprint density at radius 1 is 0.767 bits per heavy atom. The van der Waals surface area contributed by atoms with Crippen LogP contribution in [0.3, 0.4) is 0 Å². The van der Waals surface area contributed by atoms with E-state index in [0.717, 1.165) is 28.1 Å². The van der Waals surface area contributed by atoms with Crippen LogP contribution in [0.2, 0.25) is 0 Å². The van der Waals surface area contributed by atoms with Crippen molar-refractivity contribution in [2.24, 2.45) is 5.73 Å². The molecule has 152 valence electrons. The van der Waals surface area contributed by atoms with Gasteiger partial charge in [-0.05, 0) is 52.6 Å². The molecule has 1 atom stereocenters. The molecule has 3 aromatic carbocycles. The molecule has 3 aromatic rings. The molecule has 4 heteroatoms. The molecule has 1 unspecified atom stereocenters. The van der Waals surface area contributed by atoms with E-state index in [2.05, 4.69) is 18.2 Å². The Balaban J connectivity index is 1.25. The lowest BCUT2D eigenvalue weighted by Crippen LogP contribution is -2.42. The zero-order valence-electron chi connectivity index (χ0n) is 16.8. The highest BCUT2D eigenvalue weighted by atomic mass is 16.5. The molecule has 4 rings (SSSR count). The highest BCUT2D eigenvalue weighted by molar-refractivity contribution is 5.75. The summed E-state index contributed by atoms with van der Waals surface area (Å²) in [6.07, 6.45) is 6.70. The van der Waals surface area contributed by atoms with Crippen molar-refractivity contribution in [3.8, 4) is 16.9 Å². The van der Waals surface area contributed by atoms with E-state index in [9.17, 15) is 0 Å². The summed E-state index contributed by atoms with van der Waals surface area (Å²) in [5.74, 6) is 0.800. The molecule has 0 amide bonds. The lowest BCUT2D eigenvalue weighted by Gasteiger charge is -2.28. The molecule has 0 saturated carbocycles. The number of hydrogen-bond donors (Lipinski definition) is 2. The van der Waals surface area contributed by atoms with Crippen LogP contribution in [0, 0.1) is 0 Å². The Hall–Kier alpha value is -3.34. The summed E-state index contributed by atoms with van der Waals surface area (Å²) in [4.78, 5) is 0. The third-order valence-electron chi connectivity index (χ3n) is 5.11. The van der Waals surface area contributed by atoms with E-state index in [1.54, 1.807) is 0 Å². The third-order valence-corrected chi connectivity index (χ3v) is 5.11. The largest absolute Gasteiger partial charge is 0.491 e. The first-order valence-electron chi connectivity index (χ1n) is 10.1. The van der Waals surface area contributed by atoms with Gasteiger partial charge in [0.05, 0.1) is 6.61 Å². The maximum atomic E-state index is 6.36. The van der Waals surface area contributed by atoms with Crippen molar-refractivity contribution in [2.45, 2.75) is 12.1 Å². The van der Waals surface area contributed by atoms with Gasteiger partial charge in [-0.3, -0.25) is 5.73 Å². The van der Waals surface area contributed by atoms with E-state index in [-0.39, 0.29) is 0 Å². The lowest BCUT2D eigenvalue weighted by molar-refractivity contribution is -0.0156. The zero-order chi connectivity index (χ0) is 20.8. The molecule has 0 heterocycles. The topological polar surface area (TPSA) is 70.5 Å². The van der Waals surface area contributed by atoms with Gasteiger partial charge in [0.2, 0.25) is 0 Å². The van der Waals surface area contributed by atoms with E-state index in [0.29, 0.717) is 19.6 Å². The average molecular weight is 399 g/mol. The van der Waals surface area contributed by atoms with Gasteiger partial charge < -0.3 is 15.2 Å². The summed E-state index contributed by atoms with van der Waals surface area (Å²) in [5, 5.41) is 0. The van der Waals surface area contributed by atoms with Crippen molar-refractivity contribution in [3.63, 3.8) is 0 Å². The number of hydrogen-bond acceptors (Lipinski definition) is 4. The van der Waals surface area contributed by atoms with Gasteiger partial charge in [0.25, 0.3) is 0 Å². The molecule has 0 aliphatic heterocycles. The van der Waals surface area contributed by atoms with Crippen LogP contribution in [0.15, 0.2) is 97.1 Å². The molecule has 0 radical (unpaired) electrons. The first-order chi connectivity index (χ1) is 14.6. The summed E-state index contributed by atoms with van der Waals surface area (Å²) in [6.45, 7) is 0.846. The van der Waals surface area contributed by atoms with Crippen LogP contribution in [0.25, 0.3) is 16.7 Å². The number of ether oxygens (including phenoxy) is 2. The minimum absolute atomic E-state index is 0.412. The van der Waals surface area contributed by atoms with Crippen LogP contribution in [0.4, 0.5) is 5.69 Å². The molecular weight excluding hydrogens is 372 g/mol. The van der Waals surface area contributed by atoms with Crippen molar-refractivity contribution in [3.05, 3.63) is 103 Å². The molecular formula is C26H26N2O2. The van der Waals surface area contributed by atoms with Gasteiger partial charge >= 0.3 is 0 Å². The zero-order valence-corrected chi connectivity index (χ0v) is 16.8. The third kappa shape index (κ3) is 4.98. The monoisotopic (exact) mass is 398 g/mol. The summed E-state index contributed by atoms with van der Waals surface area (Å²) in [5.41, 5.74) is 16.7. The van der Waals surface area contributed by atoms with Crippen LogP contribution in [0.1, 0.15) is 12.0 Å². The summed E-state index contributed by atoms with van der Waals surface area (Å²) >= 11 is 0. The molecule has 0 spiro atoms. The van der Waals surface area contributed by atoms with Gasteiger partial charge in [-0.15, -0.1) is 0 Å². The van der Waals surface area contributed by atoms with Crippen LogP contribution in [-0.4, -0.2) is 18.9 Å². The van der Waals surface area contributed by atoms with Crippen LogP contribution in [0.5, 0.6) is 5.75 Å². The Kier molecular flexibility index (Phi) is 5.98. The number of benzene rings is 3. The van der Waals surface area contributed by atoms with Gasteiger partial charge in [-0.25, -0.2) is 0 Å². The van der Waals surface area contributed by atoms with Gasteiger partial charge in [0.1, 0.15) is 18.1 Å². The summed E-state index contributed by atoms with van der Waals surface area (Å²) < 4.78 is 11.7. The van der Waals surface area contributed by atoms with Crippen molar-refractivity contribution in [1.29, 1.82) is 0 Å². The minimum Gasteiger partial charge on any atom is -0.491 e. The first kappa shape index (κ1) is 20.0. The van der Waals surface area contributed by atoms with Crippen LogP contribution >= 0.6 is 0 Å². The number of rotatable bonds is 7. The smallest absolute Gasteiger partial charge is 0.139 e. The predicted molar refractivity (Wildman–Crippen MR) is 123 cm³/mol. The molecule has 30 heavy (non-hydrogen) atoms. The van der Waals surface area contributed by atoms with E-state index in [1.165, 1.54) is 5.56 Å². The Morgan fingerprint density at radius 3 is 2.07 bits per heavy atom. The molecule has 0 saturated heterocycles. The van der Waals surface area contributed by atoms with Crippen molar-refractivity contribution in [2.75, 3.05) is 18.9 Å². The number of anilines is 1.